The molecule has 1 unspecified atom stereocenters. The molecule has 0 saturated heterocycles. The molecular weight excluding hydrogens is 693 g/mol. The number of phosphoric acid groups is 1. The first-order valence-corrected chi connectivity index (χ1v) is 19.2. The molecule has 3 heterocycles. The fourth-order valence-corrected chi connectivity index (χ4v) is 6.28. The Morgan fingerprint density at radius 2 is 1.62 bits per heavy atom. The van der Waals surface area contributed by atoms with Crippen molar-refractivity contribution in [2.75, 3.05) is 39.3 Å². The van der Waals surface area contributed by atoms with Crippen LogP contribution in [0.5, 0.6) is 5.75 Å². The van der Waals surface area contributed by atoms with Gasteiger partial charge in [0.15, 0.2) is 5.82 Å². The Bertz CT molecular complexity index is 1610. The summed E-state index contributed by atoms with van der Waals surface area (Å²) < 4.78 is 41.5. The third-order valence-electron chi connectivity index (χ3n) is 8.61. The number of unbranched alkanes of at least 4 members (excludes halogenated alkanes) is 11. The maximum absolute atomic E-state index is 13.0. The second kappa shape index (κ2) is 22.4. The predicted octanol–water partition coefficient (Wildman–Crippen LogP) is 5.18. The number of phosphoric ester groups is 1. The van der Waals surface area contributed by atoms with E-state index >= 15 is 0 Å². The Morgan fingerprint density at radius 1 is 0.942 bits per heavy atom. The Morgan fingerprint density at radius 3 is 2.21 bits per heavy atom. The lowest BCUT2D eigenvalue weighted by Gasteiger charge is -2.33. The first-order valence-electron chi connectivity index (χ1n) is 17.7. The molecule has 5 atom stereocenters. The zero-order valence-electron chi connectivity index (χ0n) is 30.0. The molecule has 0 saturated carbocycles. The van der Waals surface area contributed by atoms with Crippen molar-refractivity contribution in [2.45, 2.75) is 108 Å². The molecule has 5 N–H and O–H groups in total. The van der Waals surface area contributed by atoms with Crippen molar-refractivity contribution >= 4 is 19.2 Å². The number of aromatic nitrogens is 4. The van der Waals surface area contributed by atoms with Crippen molar-refractivity contribution in [3.05, 3.63) is 48.2 Å². The van der Waals surface area contributed by atoms with E-state index in [1.54, 1.807) is 6.07 Å². The van der Waals surface area contributed by atoms with E-state index in [0.717, 1.165) is 32.7 Å². The van der Waals surface area contributed by atoms with Crippen LogP contribution in [0.2, 0.25) is 0 Å². The number of rotatable bonds is 27. The summed E-state index contributed by atoms with van der Waals surface area (Å²) in [5, 5.41) is 45.1. The first kappa shape index (κ1) is 42.7. The molecule has 0 spiro atoms. The van der Waals surface area contributed by atoms with Gasteiger partial charge in [0, 0.05) is 13.7 Å². The standard InChI is InChI=1S/C35H52N7O9P/c1-3-4-5-6-7-8-9-10-11-12-13-14-19-48-22-29(51-28-16-15-27(20-36)39-21-28)23-49-52(45,46)50-25-35(24-37,47-2)33(44)32(43)30-17-18-31-34(38)40-26-41-42(30)31/h15-18,21,26,29,32-33,43-44H,3-14,19,22-23,25H2,1-2H3,(H,45,46)(H2,38,40,41)/t29-,32+,33+,35-/m1/s1. The van der Waals surface area contributed by atoms with Gasteiger partial charge in [0.05, 0.1) is 25.1 Å². The maximum Gasteiger partial charge on any atom is 0.472 e. The number of pyridine rings is 1. The number of nitrogens with zero attached hydrogens (tertiary/aromatic N) is 6. The normalized spacial score (nSPS) is 15.6. The van der Waals surface area contributed by atoms with Crippen LogP contribution in [-0.4, -0.2) is 86.0 Å². The summed E-state index contributed by atoms with van der Waals surface area (Å²) in [7, 11) is -3.82. The first-order chi connectivity index (χ1) is 25.1. The fraction of sp³-hybridized carbons (Fsp3) is 0.629. The molecule has 3 aromatic heterocycles. The summed E-state index contributed by atoms with van der Waals surface area (Å²) in [5.74, 6) is 0.399. The highest BCUT2D eigenvalue weighted by Crippen LogP contribution is 2.45. The van der Waals surface area contributed by atoms with Crippen molar-refractivity contribution in [1.29, 1.82) is 10.5 Å². The molecule has 0 bridgehead atoms. The van der Waals surface area contributed by atoms with Gasteiger partial charge in [-0.3, -0.25) is 9.05 Å². The van der Waals surface area contributed by atoms with E-state index in [-0.39, 0.29) is 29.6 Å². The zero-order chi connectivity index (χ0) is 37.8. The molecule has 0 aliphatic rings. The minimum absolute atomic E-state index is 0.00246. The molecule has 286 valence electrons. The van der Waals surface area contributed by atoms with Crippen LogP contribution in [0.25, 0.3) is 5.52 Å². The fourth-order valence-electron chi connectivity index (χ4n) is 5.50. The SMILES string of the molecule is CCCCCCCCCCCCCCOC[C@H](COP(=O)(O)OC[C@@](C#N)(OC)[C@@H](O)[C@@H](O)c1ccc2c(N)ncnn12)Oc1ccc(C#N)nc1. The molecule has 0 radical (unpaired) electrons. The Balaban J connectivity index is 1.51. The summed E-state index contributed by atoms with van der Waals surface area (Å²) in [6.45, 7) is 1.24. The average molecular weight is 746 g/mol. The van der Waals surface area contributed by atoms with Gasteiger partial charge in [0.25, 0.3) is 0 Å². The molecule has 17 heteroatoms. The maximum atomic E-state index is 13.0. The van der Waals surface area contributed by atoms with Crippen molar-refractivity contribution in [3.63, 3.8) is 0 Å². The van der Waals surface area contributed by atoms with Crippen LogP contribution < -0.4 is 10.5 Å². The van der Waals surface area contributed by atoms with Crippen LogP contribution in [0, 0.1) is 22.7 Å². The molecule has 3 rings (SSSR count). The minimum Gasteiger partial charge on any atom is -0.484 e. The van der Waals surface area contributed by atoms with Gasteiger partial charge in [-0.25, -0.2) is 19.0 Å². The monoisotopic (exact) mass is 745 g/mol. The number of nitrogens with two attached hydrogens (primary N) is 1. The number of aliphatic hydroxyl groups is 2. The van der Waals surface area contributed by atoms with Gasteiger partial charge in [0.2, 0.25) is 5.60 Å². The number of hydrogen-bond donors (Lipinski definition) is 4. The Kier molecular flexibility index (Phi) is 18.4. The number of aliphatic hydroxyl groups excluding tert-OH is 2. The second-order valence-corrected chi connectivity index (χ2v) is 14.0. The van der Waals surface area contributed by atoms with Crippen molar-refractivity contribution < 1.29 is 42.9 Å². The molecule has 16 nitrogen and oxygen atoms in total. The smallest absolute Gasteiger partial charge is 0.472 e. The zero-order valence-corrected chi connectivity index (χ0v) is 30.9. The van der Waals surface area contributed by atoms with Gasteiger partial charge in [-0.05, 0) is 30.7 Å². The highest BCUT2D eigenvalue weighted by molar-refractivity contribution is 7.47. The summed E-state index contributed by atoms with van der Waals surface area (Å²) in [6.07, 6.45) is 12.4. The largest absolute Gasteiger partial charge is 0.484 e. The molecule has 0 aliphatic carbocycles. The van der Waals surface area contributed by atoms with Crippen molar-refractivity contribution in [1.82, 2.24) is 19.6 Å². The van der Waals surface area contributed by atoms with Crippen LogP contribution in [0.1, 0.15) is 101 Å². The number of hydrogen-bond acceptors (Lipinski definition) is 14. The number of anilines is 1. The lowest BCUT2D eigenvalue weighted by Crippen LogP contribution is -2.50. The van der Waals surface area contributed by atoms with Gasteiger partial charge in [-0.2, -0.15) is 15.6 Å². The van der Waals surface area contributed by atoms with E-state index in [4.69, 9.17) is 34.3 Å². The Hall–Kier alpha value is -3.70. The highest BCUT2D eigenvalue weighted by atomic mass is 31.2. The van der Waals surface area contributed by atoms with Gasteiger partial charge < -0.3 is 35.1 Å². The van der Waals surface area contributed by atoms with E-state index in [0.29, 0.717) is 12.1 Å². The van der Waals surface area contributed by atoms with E-state index in [9.17, 15) is 24.9 Å². The van der Waals surface area contributed by atoms with Gasteiger partial charge >= 0.3 is 7.82 Å². The number of methoxy groups -OCH3 is 1. The summed E-state index contributed by atoms with van der Waals surface area (Å²) in [6, 6.07) is 9.59. The number of nitriles is 2. The lowest BCUT2D eigenvalue weighted by molar-refractivity contribution is -0.134. The van der Waals surface area contributed by atoms with Crippen LogP contribution in [0.4, 0.5) is 5.82 Å². The average Bonchev–Trinajstić information content (AvgIpc) is 3.60. The van der Waals surface area contributed by atoms with Crippen LogP contribution in [0.15, 0.2) is 36.8 Å². The predicted molar refractivity (Wildman–Crippen MR) is 191 cm³/mol. The van der Waals surface area contributed by atoms with Crippen LogP contribution in [-0.2, 0) is 23.1 Å². The molecule has 0 aliphatic heterocycles. The van der Waals surface area contributed by atoms with Gasteiger partial charge in [-0.1, -0.05) is 77.6 Å². The lowest BCUT2D eigenvalue weighted by atomic mass is 9.93. The van der Waals surface area contributed by atoms with Crippen molar-refractivity contribution in [2.24, 2.45) is 0 Å². The van der Waals surface area contributed by atoms with Crippen LogP contribution >= 0.6 is 7.82 Å². The summed E-state index contributed by atoms with van der Waals surface area (Å²) >= 11 is 0. The van der Waals surface area contributed by atoms with E-state index in [2.05, 4.69) is 22.0 Å². The number of nitrogen functional groups attached to an aromatic ring is 1. The van der Waals surface area contributed by atoms with E-state index in [1.165, 1.54) is 92.8 Å². The minimum atomic E-state index is -4.90. The molecule has 0 amide bonds. The van der Waals surface area contributed by atoms with Gasteiger partial charge in [-0.15, -0.1) is 0 Å². The van der Waals surface area contributed by atoms with Crippen LogP contribution in [0.3, 0.4) is 0 Å². The molecular formula is C35H52N7O9P. The third kappa shape index (κ3) is 13.4. The molecule has 52 heavy (non-hydrogen) atoms. The Labute approximate surface area is 305 Å². The summed E-state index contributed by atoms with van der Waals surface area (Å²) in [5.41, 5.74) is 4.12. The molecule has 0 aromatic carbocycles. The summed E-state index contributed by atoms with van der Waals surface area (Å²) in [4.78, 5) is 18.4. The topological polar surface area (TPSA) is 241 Å². The molecule has 3 aromatic rings. The van der Waals surface area contributed by atoms with E-state index in [1.807, 2.05) is 6.07 Å². The quantitative estimate of drug-likeness (QED) is 0.0580. The van der Waals surface area contributed by atoms with Crippen molar-refractivity contribution in [3.8, 4) is 17.9 Å². The highest BCUT2D eigenvalue weighted by Gasteiger charge is 2.46. The number of fused-ring (bicyclic) bond motifs is 1. The third-order valence-corrected chi connectivity index (χ3v) is 9.54. The van der Waals surface area contributed by atoms with E-state index < -0.39 is 44.9 Å². The number of ether oxygens (including phenoxy) is 3. The second-order valence-electron chi connectivity index (χ2n) is 12.5. The molecule has 0 fully saturated rings. The van der Waals surface area contributed by atoms with Gasteiger partial charge in [0.1, 0.15) is 60.3 Å².